The molecule has 2 N–H and O–H groups in total. The van der Waals surface area contributed by atoms with Gasteiger partial charge in [-0.3, -0.25) is 4.90 Å². The maximum absolute atomic E-state index is 10.1. The van der Waals surface area contributed by atoms with Crippen molar-refractivity contribution >= 4 is 11.0 Å². The lowest BCUT2D eigenvalue weighted by atomic mass is 9.89. The molecule has 1 aliphatic carbocycles. The number of allylic oxidation sites excluding steroid dienone is 4. The maximum atomic E-state index is 10.1. The summed E-state index contributed by atoms with van der Waals surface area (Å²) in [6.45, 7) is 5.52. The molecule has 5 rings (SSSR count). The van der Waals surface area contributed by atoms with Crippen molar-refractivity contribution in [1.29, 1.82) is 0 Å². The van der Waals surface area contributed by atoms with Gasteiger partial charge in [-0.1, -0.05) is 24.3 Å². The monoisotopic (exact) mass is 430 g/mol. The average Bonchev–Trinajstić information content (AvgIpc) is 3.24. The second-order valence-electron chi connectivity index (χ2n) is 8.83. The molecule has 1 fully saturated rings. The lowest BCUT2D eigenvalue weighted by molar-refractivity contribution is 0.148. The number of likely N-dealkylation sites (N-methyl/N-ethyl adjacent to an activating group) is 1. The summed E-state index contributed by atoms with van der Waals surface area (Å²) < 4.78 is 5.59. The summed E-state index contributed by atoms with van der Waals surface area (Å²) in [5.41, 5.74) is 5.52. The Morgan fingerprint density at radius 3 is 2.62 bits per heavy atom. The van der Waals surface area contributed by atoms with Crippen molar-refractivity contribution in [3.63, 3.8) is 0 Å². The number of benzene rings is 1. The summed E-state index contributed by atoms with van der Waals surface area (Å²) in [6, 6.07) is 11.0. The molecule has 1 aromatic carbocycles. The van der Waals surface area contributed by atoms with E-state index in [1.54, 1.807) is 13.2 Å². The summed E-state index contributed by atoms with van der Waals surface area (Å²) in [7, 11) is 3.87. The standard InChI is InChI=1S/C26H30N4O2/c1-29-9-11-30(12-10-29)17-18-3-5-19(6-4-18)20-13-23-24(16-28-26(23)27-15-20)22-14-21(31)7-8-25(22)32-2/h3-8,13,15-16,22,31H,9-12,14,17H2,1-2H3,(H,27,28). The highest BCUT2D eigenvalue weighted by Gasteiger charge is 2.25. The predicted molar refractivity (Wildman–Crippen MR) is 127 cm³/mol. The third-order valence-electron chi connectivity index (χ3n) is 6.66. The molecule has 32 heavy (non-hydrogen) atoms. The highest BCUT2D eigenvalue weighted by molar-refractivity contribution is 5.85. The van der Waals surface area contributed by atoms with Crippen molar-refractivity contribution in [2.45, 2.75) is 18.9 Å². The van der Waals surface area contributed by atoms with E-state index in [1.165, 1.54) is 5.56 Å². The van der Waals surface area contributed by atoms with Gasteiger partial charge in [0, 0.05) is 62.5 Å². The first kappa shape index (κ1) is 20.8. The minimum atomic E-state index is -0.0261. The molecule has 1 atom stereocenters. The van der Waals surface area contributed by atoms with Crippen LogP contribution in [0, 0.1) is 0 Å². The van der Waals surface area contributed by atoms with Crippen molar-refractivity contribution in [3.05, 3.63) is 77.5 Å². The van der Waals surface area contributed by atoms with Crippen molar-refractivity contribution in [2.75, 3.05) is 40.3 Å². The van der Waals surface area contributed by atoms with Crippen LogP contribution in [0.15, 0.2) is 66.4 Å². The number of aliphatic hydroxyl groups is 1. The van der Waals surface area contributed by atoms with Crippen LogP contribution in [0.2, 0.25) is 0 Å². The number of aliphatic hydroxyl groups excluding tert-OH is 1. The second-order valence-corrected chi connectivity index (χ2v) is 8.83. The van der Waals surface area contributed by atoms with Crippen molar-refractivity contribution in [1.82, 2.24) is 19.8 Å². The molecule has 2 aliphatic rings. The van der Waals surface area contributed by atoms with Crippen LogP contribution in [-0.2, 0) is 11.3 Å². The molecule has 6 nitrogen and oxygen atoms in total. The molecule has 0 spiro atoms. The number of H-pyrrole nitrogens is 1. The van der Waals surface area contributed by atoms with E-state index >= 15 is 0 Å². The zero-order valence-electron chi connectivity index (χ0n) is 18.7. The zero-order valence-corrected chi connectivity index (χ0v) is 18.7. The van der Waals surface area contributed by atoms with Crippen LogP contribution in [0.1, 0.15) is 23.5 Å². The van der Waals surface area contributed by atoms with Gasteiger partial charge in [0.05, 0.1) is 18.8 Å². The van der Waals surface area contributed by atoms with E-state index < -0.39 is 0 Å². The van der Waals surface area contributed by atoms with Gasteiger partial charge >= 0.3 is 0 Å². The molecular weight excluding hydrogens is 400 g/mol. The third kappa shape index (κ3) is 4.16. The summed E-state index contributed by atoms with van der Waals surface area (Å²) in [5, 5.41) is 11.1. The maximum Gasteiger partial charge on any atom is 0.137 e. The first-order valence-electron chi connectivity index (χ1n) is 11.2. The predicted octanol–water partition coefficient (Wildman–Crippen LogP) is 4.44. The number of rotatable bonds is 5. The van der Waals surface area contributed by atoms with Gasteiger partial charge in [-0.2, -0.15) is 0 Å². The number of aromatic amines is 1. The summed E-state index contributed by atoms with van der Waals surface area (Å²) in [5.74, 6) is 1.19. The van der Waals surface area contributed by atoms with Gasteiger partial charge in [-0.05, 0) is 42.0 Å². The molecule has 2 aromatic heterocycles. The van der Waals surface area contributed by atoms with Gasteiger partial charge in [0.1, 0.15) is 11.4 Å². The lowest BCUT2D eigenvalue weighted by Gasteiger charge is -2.32. The van der Waals surface area contributed by atoms with Crippen LogP contribution in [0.4, 0.5) is 0 Å². The average molecular weight is 431 g/mol. The number of hydrogen-bond acceptors (Lipinski definition) is 5. The summed E-state index contributed by atoms with van der Waals surface area (Å²) in [4.78, 5) is 12.8. The number of piperazine rings is 1. The minimum absolute atomic E-state index is 0.0261. The van der Waals surface area contributed by atoms with Gasteiger partial charge in [-0.25, -0.2) is 4.98 Å². The summed E-state index contributed by atoms with van der Waals surface area (Å²) in [6.07, 6.45) is 7.98. The molecule has 0 saturated carbocycles. The van der Waals surface area contributed by atoms with Gasteiger partial charge in [0.2, 0.25) is 0 Å². The molecule has 3 aromatic rings. The number of ether oxygens (including phenoxy) is 1. The van der Waals surface area contributed by atoms with E-state index in [1.807, 2.05) is 18.5 Å². The van der Waals surface area contributed by atoms with E-state index in [2.05, 4.69) is 57.1 Å². The Morgan fingerprint density at radius 2 is 1.88 bits per heavy atom. The molecule has 3 heterocycles. The lowest BCUT2D eigenvalue weighted by Crippen LogP contribution is -2.43. The fourth-order valence-corrected chi connectivity index (χ4v) is 4.68. The Balaban J connectivity index is 1.39. The third-order valence-corrected chi connectivity index (χ3v) is 6.66. The fourth-order valence-electron chi connectivity index (χ4n) is 4.68. The van der Waals surface area contributed by atoms with E-state index in [9.17, 15) is 5.11 Å². The number of methoxy groups -OCH3 is 1. The van der Waals surface area contributed by atoms with Gasteiger partial charge < -0.3 is 19.7 Å². The molecule has 0 radical (unpaired) electrons. The van der Waals surface area contributed by atoms with Crippen LogP contribution in [0.25, 0.3) is 22.2 Å². The molecular formula is C26H30N4O2. The van der Waals surface area contributed by atoms with Crippen molar-refractivity contribution in [2.24, 2.45) is 0 Å². The summed E-state index contributed by atoms with van der Waals surface area (Å²) >= 11 is 0. The number of pyridine rings is 1. The van der Waals surface area contributed by atoms with E-state index in [0.29, 0.717) is 12.2 Å². The first-order valence-corrected chi connectivity index (χ1v) is 11.2. The minimum Gasteiger partial charge on any atom is -0.512 e. The number of hydrogen-bond donors (Lipinski definition) is 2. The Bertz CT molecular complexity index is 1150. The van der Waals surface area contributed by atoms with Crippen LogP contribution >= 0.6 is 0 Å². The van der Waals surface area contributed by atoms with Gasteiger partial charge in [-0.15, -0.1) is 0 Å². The van der Waals surface area contributed by atoms with Gasteiger partial charge in [0.25, 0.3) is 0 Å². The Hall–Kier alpha value is -3.09. The second kappa shape index (κ2) is 8.81. The first-order chi connectivity index (χ1) is 15.6. The molecule has 166 valence electrons. The Labute approximate surface area is 188 Å². The van der Waals surface area contributed by atoms with E-state index in [0.717, 1.165) is 66.2 Å². The van der Waals surface area contributed by atoms with Crippen LogP contribution in [0.3, 0.4) is 0 Å². The molecule has 1 aliphatic heterocycles. The highest BCUT2D eigenvalue weighted by atomic mass is 16.5. The van der Waals surface area contributed by atoms with Crippen molar-refractivity contribution < 1.29 is 9.84 Å². The number of aromatic nitrogens is 2. The molecule has 6 heteroatoms. The van der Waals surface area contributed by atoms with Crippen molar-refractivity contribution in [3.8, 4) is 11.1 Å². The van der Waals surface area contributed by atoms with Crippen LogP contribution < -0.4 is 0 Å². The quantitative estimate of drug-likeness (QED) is 0.627. The highest BCUT2D eigenvalue weighted by Crippen LogP contribution is 2.38. The normalized spacial score (nSPS) is 20.2. The van der Waals surface area contributed by atoms with Crippen LogP contribution in [-0.4, -0.2) is 65.2 Å². The molecule has 0 bridgehead atoms. The van der Waals surface area contributed by atoms with E-state index in [4.69, 9.17) is 4.74 Å². The van der Waals surface area contributed by atoms with E-state index in [-0.39, 0.29) is 5.92 Å². The Kier molecular flexibility index (Phi) is 5.72. The smallest absolute Gasteiger partial charge is 0.137 e. The molecule has 0 amide bonds. The molecule has 1 saturated heterocycles. The van der Waals surface area contributed by atoms with Crippen LogP contribution in [0.5, 0.6) is 0 Å². The van der Waals surface area contributed by atoms with Gasteiger partial charge in [0.15, 0.2) is 0 Å². The SMILES string of the molecule is COC1=CC=C(O)CC1c1c[nH]c2ncc(-c3ccc(CN4CCN(C)CC4)cc3)cc12. The zero-order chi connectivity index (χ0) is 22.1. The topological polar surface area (TPSA) is 64.6 Å². The number of nitrogens with one attached hydrogen (secondary N) is 1. The number of fused-ring (bicyclic) bond motifs is 1. The largest absolute Gasteiger partial charge is 0.512 e. The fraction of sp³-hybridized carbons (Fsp3) is 0.346. The Morgan fingerprint density at radius 1 is 1.09 bits per heavy atom. The molecule has 1 unspecified atom stereocenters. The number of nitrogens with zero attached hydrogens (tertiary/aromatic N) is 3.